The number of H-pyrrole nitrogens is 1. The predicted molar refractivity (Wildman–Crippen MR) is 105 cm³/mol. The lowest BCUT2D eigenvalue weighted by atomic mass is 10.1. The largest absolute Gasteiger partial charge is 0.338 e. The number of benzene rings is 3. The molecule has 1 heterocycles. The van der Waals surface area contributed by atoms with E-state index >= 15 is 0 Å². The molecule has 0 atom stereocenters. The van der Waals surface area contributed by atoms with Crippen LogP contribution in [0.1, 0.15) is 5.56 Å². The smallest absolute Gasteiger partial charge is 0.228 e. The minimum absolute atomic E-state index is 0.111. The number of fused-ring (bicyclic) bond motifs is 1. The molecule has 5 heteroatoms. The molecule has 4 rings (SSSR count). The van der Waals surface area contributed by atoms with Crippen LogP contribution in [-0.2, 0) is 11.2 Å². The number of para-hydroxylation sites is 2. The molecule has 0 spiro atoms. The van der Waals surface area contributed by atoms with Gasteiger partial charge in [-0.2, -0.15) is 0 Å². The fourth-order valence-electron chi connectivity index (χ4n) is 2.83. The minimum Gasteiger partial charge on any atom is -0.338 e. The number of aromatic amines is 1. The molecule has 0 aliphatic heterocycles. The number of anilines is 1. The van der Waals surface area contributed by atoms with E-state index in [2.05, 4.69) is 15.3 Å². The van der Waals surface area contributed by atoms with Gasteiger partial charge < -0.3 is 10.3 Å². The molecule has 4 aromatic rings. The van der Waals surface area contributed by atoms with Crippen molar-refractivity contribution in [3.8, 4) is 11.4 Å². The Morgan fingerprint density at radius 2 is 1.77 bits per heavy atom. The van der Waals surface area contributed by atoms with Gasteiger partial charge in [-0.25, -0.2) is 4.98 Å². The fourth-order valence-corrected chi connectivity index (χ4v) is 3.00. The van der Waals surface area contributed by atoms with Crippen molar-refractivity contribution in [3.05, 3.63) is 83.4 Å². The van der Waals surface area contributed by atoms with E-state index in [1.165, 1.54) is 0 Å². The molecule has 0 saturated heterocycles. The van der Waals surface area contributed by atoms with Crippen LogP contribution in [0, 0.1) is 0 Å². The lowest BCUT2D eigenvalue weighted by Crippen LogP contribution is -2.14. The summed E-state index contributed by atoms with van der Waals surface area (Å²) in [5.74, 6) is 0.626. The second-order valence-corrected chi connectivity index (χ2v) is 6.41. The maximum atomic E-state index is 12.3. The number of halogens is 1. The highest BCUT2D eigenvalue weighted by Crippen LogP contribution is 2.28. The Bertz CT molecular complexity index is 1040. The van der Waals surface area contributed by atoms with Crippen LogP contribution >= 0.6 is 11.6 Å². The maximum Gasteiger partial charge on any atom is 0.228 e. The summed E-state index contributed by atoms with van der Waals surface area (Å²) in [5.41, 5.74) is 4.25. The third kappa shape index (κ3) is 3.46. The molecule has 1 amide bonds. The summed E-state index contributed by atoms with van der Waals surface area (Å²) < 4.78 is 0. The van der Waals surface area contributed by atoms with Crippen molar-refractivity contribution in [2.45, 2.75) is 6.42 Å². The molecule has 1 aromatic heterocycles. The Morgan fingerprint density at radius 3 is 2.58 bits per heavy atom. The average molecular weight is 362 g/mol. The van der Waals surface area contributed by atoms with Crippen LogP contribution in [0.15, 0.2) is 72.8 Å². The first-order chi connectivity index (χ1) is 12.7. The van der Waals surface area contributed by atoms with Gasteiger partial charge in [-0.1, -0.05) is 54.1 Å². The summed E-state index contributed by atoms with van der Waals surface area (Å²) in [7, 11) is 0. The standard InChI is InChI=1S/C21H16ClN3O/c22-16-11-10-15(21-24-17-8-4-5-9-18(17)25-21)13-19(16)23-20(26)12-14-6-2-1-3-7-14/h1-11,13H,12H2,(H,23,26)(H,24,25). The van der Waals surface area contributed by atoms with Crippen molar-refractivity contribution in [3.63, 3.8) is 0 Å². The van der Waals surface area contributed by atoms with E-state index in [9.17, 15) is 4.79 Å². The van der Waals surface area contributed by atoms with Crippen LogP contribution in [-0.4, -0.2) is 15.9 Å². The van der Waals surface area contributed by atoms with E-state index in [-0.39, 0.29) is 5.91 Å². The van der Waals surface area contributed by atoms with Crippen LogP contribution in [0.4, 0.5) is 5.69 Å². The number of hydrogen-bond donors (Lipinski definition) is 2. The lowest BCUT2D eigenvalue weighted by molar-refractivity contribution is -0.115. The van der Waals surface area contributed by atoms with Gasteiger partial charge in [0.25, 0.3) is 0 Å². The molecular formula is C21H16ClN3O. The van der Waals surface area contributed by atoms with Gasteiger partial charge in [0.2, 0.25) is 5.91 Å². The maximum absolute atomic E-state index is 12.3. The van der Waals surface area contributed by atoms with E-state index in [4.69, 9.17) is 11.6 Å². The summed E-state index contributed by atoms with van der Waals surface area (Å²) in [5, 5.41) is 3.38. The first kappa shape index (κ1) is 16.4. The lowest BCUT2D eigenvalue weighted by Gasteiger charge is -2.09. The topological polar surface area (TPSA) is 57.8 Å². The molecule has 0 aliphatic carbocycles. The van der Waals surface area contributed by atoms with Gasteiger partial charge in [-0.05, 0) is 35.9 Å². The van der Waals surface area contributed by atoms with Crippen LogP contribution in [0.3, 0.4) is 0 Å². The first-order valence-corrected chi connectivity index (χ1v) is 8.65. The number of nitrogens with one attached hydrogen (secondary N) is 2. The number of carbonyl (C=O) groups excluding carboxylic acids is 1. The molecule has 128 valence electrons. The Morgan fingerprint density at radius 1 is 1.00 bits per heavy atom. The zero-order valence-electron chi connectivity index (χ0n) is 13.9. The van der Waals surface area contributed by atoms with Crippen LogP contribution < -0.4 is 5.32 Å². The highest BCUT2D eigenvalue weighted by Gasteiger charge is 2.11. The van der Waals surface area contributed by atoms with E-state index in [1.54, 1.807) is 6.07 Å². The fraction of sp³-hybridized carbons (Fsp3) is 0.0476. The van der Waals surface area contributed by atoms with Gasteiger partial charge >= 0.3 is 0 Å². The van der Waals surface area contributed by atoms with Crippen LogP contribution in [0.2, 0.25) is 5.02 Å². The van der Waals surface area contributed by atoms with E-state index < -0.39 is 0 Å². The van der Waals surface area contributed by atoms with E-state index in [0.717, 1.165) is 28.0 Å². The quantitative estimate of drug-likeness (QED) is 0.533. The van der Waals surface area contributed by atoms with Gasteiger partial charge in [0.1, 0.15) is 5.82 Å². The zero-order valence-corrected chi connectivity index (χ0v) is 14.6. The van der Waals surface area contributed by atoms with E-state index in [1.807, 2.05) is 66.7 Å². The first-order valence-electron chi connectivity index (χ1n) is 8.27. The number of amides is 1. The third-order valence-corrected chi connectivity index (χ3v) is 4.44. The molecule has 0 unspecified atom stereocenters. The second-order valence-electron chi connectivity index (χ2n) is 6.01. The Kier molecular flexibility index (Phi) is 4.42. The van der Waals surface area contributed by atoms with Crippen LogP contribution in [0.25, 0.3) is 22.4 Å². The monoisotopic (exact) mass is 361 g/mol. The van der Waals surface area contributed by atoms with Crippen molar-refractivity contribution in [1.29, 1.82) is 0 Å². The summed E-state index contributed by atoms with van der Waals surface area (Å²) in [6, 6.07) is 22.9. The Balaban J connectivity index is 1.59. The SMILES string of the molecule is O=C(Cc1ccccc1)Nc1cc(-c2nc3ccccc3[nH]2)ccc1Cl. The second kappa shape index (κ2) is 7.02. The molecule has 26 heavy (non-hydrogen) atoms. The normalized spacial score (nSPS) is 10.8. The molecule has 0 bridgehead atoms. The highest BCUT2D eigenvalue weighted by atomic mass is 35.5. The van der Waals surface area contributed by atoms with Gasteiger partial charge in [-0.3, -0.25) is 4.79 Å². The van der Waals surface area contributed by atoms with Crippen molar-refractivity contribution in [2.75, 3.05) is 5.32 Å². The molecule has 0 radical (unpaired) electrons. The van der Waals surface area contributed by atoms with Crippen LogP contribution in [0.5, 0.6) is 0 Å². The Labute approximate surface area is 155 Å². The predicted octanol–water partition coefficient (Wildman–Crippen LogP) is 5.06. The number of imidazole rings is 1. The number of nitrogens with zero attached hydrogens (tertiary/aromatic N) is 1. The van der Waals surface area contributed by atoms with Crippen molar-refractivity contribution >= 4 is 34.2 Å². The van der Waals surface area contributed by atoms with E-state index in [0.29, 0.717) is 17.1 Å². The van der Waals surface area contributed by atoms with Crippen molar-refractivity contribution in [1.82, 2.24) is 9.97 Å². The highest BCUT2D eigenvalue weighted by molar-refractivity contribution is 6.33. The minimum atomic E-state index is -0.111. The summed E-state index contributed by atoms with van der Waals surface area (Å²) >= 11 is 6.26. The molecule has 0 aliphatic rings. The third-order valence-electron chi connectivity index (χ3n) is 4.11. The number of rotatable bonds is 4. The zero-order chi connectivity index (χ0) is 17.9. The van der Waals surface area contributed by atoms with Gasteiger partial charge in [0.05, 0.1) is 28.2 Å². The average Bonchev–Trinajstić information content (AvgIpc) is 3.08. The molecule has 0 fully saturated rings. The molecule has 4 nitrogen and oxygen atoms in total. The number of aromatic nitrogens is 2. The number of hydrogen-bond acceptors (Lipinski definition) is 2. The molecule has 0 saturated carbocycles. The van der Waals surface area contributed by atoms with Gasteiger partial charge in [0, 0.05) is 5.56 Å². The summed E-state index contributed by atoms with van der Waals surface area (Å²) in [6.45, 7) is 0. The number of carbonyl (C=O) groups is 1. The molecular weight excluding hydrogens is 346 g/mol. The summed E-state index contributed by atoms with van der Waals surface area (Å²) in [4.78, 5) is 20.2. The molecule has 2 N–H and O–H groups in total. The molecule has 3 aromatic carbocycles. The summed E-state index contributed by atoms with van der Waals surface area (Å²) in [6.07, 6.45) is 0.298. The Hall–Kier alpha value is -3.11. The van der Waals surface area contributed by atoms with Gasteiger partial charge in [0.15, 0.2) is 0 Å². The van der Waals surface area contributed by atoms with Gasteiger partial charge in [-0.15, -0.1) is 0 Å². The van der Waals surface area contributed by atoms with Crippen molar-refractivity contribution < 1.29 is 4.79 Å². The van der Waals surface area contributed by atoms with Crippen molar-refractivity contribution in [2.24, 2.45) is 0 Å².